The summed E-state index contributed by atoms with van der Waals surface area (Å²) in [5.74, 6) is -0.438. The number of aromatic nitrogens is 4. The smallest absolute Gasteiger partial charge is 0.257 e. The summed E-state index contributed by atoms with van der Waals surface area (Å²) in [6, 6.07) is 15.6. The van der Waals surface area contributed by atoms with Gasteiger partial charge in [-0.05, 0) is 59.0 Å². The number of carbonyl (C=O) groups excluding carboxylic acids is 2. The molecule has 0 saturated carbocycles. The standard InChI is InChI=1S/C21H17FN6O3S/c22-14-7-9-15(10-8-14)23-20(30)17-5-1-2-6-18(17)24-19(29)13-32-21-25-26-27-28(21)12-16-4-3-11-31-16/h1-11H,12-13H2,(H,23,30)(H,24,29). The summed E-state index contributed by atoms with van der Waals surface area (Å²) < 4.78 is 19.9. The van der Waals surface area contributed by atoms with Crippen LogP contribution in [0.2, 0.25) is 0 Å². The highest BCUT2D eigenvalue weighted by Crippen LogP contribution is 2.20. The minimum Gasteiger partial charge on any atom is -0.467 e. The van der Waals surface area contributed by atoms with Crippen molar-refractivity contribution in [1.29, 1.82) is 0 Å². The molecule has 2 aromatic heterocycles. The number of carbonyl (C=O) groups is 2. The third-order valence-electron chi connectivity index (χ3n) is 4.26. The van der Waals surface area contributed by atoms with E-state index in [1.807, 2.05) is 0 Å². The summed E-state index contributed by atoms with van der Waals surface area (Å²) in [4.78, 5) is 25.1. The van der Waals surface area contributed by atoms with Crippen LogP contribution in [0, 0.1) is 5.82 Å². The van der Waals surface area contributed by atoms with Crippen LogP contribution < -0.4 is 10.6 Å². The quantitative estimate of drug-likeness (QED) is 0.394. The molecule has 2 amide bonds. The maximum atomic E-state index is 13.1. The Morgan fingerprint density at radius 2 is 1.84 bits per heavy atom. The monoisotopic (exact) mass is 452 g/mol. The second-order valence-electron chi connectivity index (χ2n) is 6.54. The molecule has 32 heavy (non-hydrogen) atoms. The molecule has 0 aliphatic rings. The molecule has 2 heterocycles. The third kappa shape index (κ3) is 5.38. The van der Waals surface area contributed by atoms with Crippen molar-refractivity contribution in [2.24, 2.45) is 0 Å². The second kappa shape index (κ2) is 9.88. The molecule has 0 atom stereocenters. The minimum absolute atomic E-state index is 0.0342. The first-order valence-electron chi connectivity index (χ1n) is 9.45. The lowest BCUT2D eigenvalue weighted by atomic mass is 10.1. The highest BCUT2D eigenvalue weighted by molar-refractivity contribution is 7.99. The van der Waals surface area contributed by atoms with Crippen molar-refractivity contribution < 1.29 is 18.4 Å². The van der Waals surface area contributed by atoms with E-state index >= 15 is 0 Å². The van der Waals surface area contributed by atoms with Gasteiger partial charge in [0.2, 0.25) is 11.1 Å². The van der Waals surface area contributed by atoms with Gasteiger partial charge in [0.1, 0.15) is 18.1 Å². The fraction of sp³-hybridized carbons (Fsp3) is 0.0952. The van der Waals surface area contributed by atoms with Crippen LogP contribution in [-0.2, 0) is 11.3 Å². The molecule has 4 rings (SSSR count). The van der Waals surface area contributed by atoms with Crippen molar-refractivity contribution >= 4 is 35.0 Å². The van der Waals surface area contributed by atoms with Crippen LogP contribution in [0.3, 0.4) is 0 Å². The van der Waals surface area contributed by atoms with Gasteiger partial charge >= 0.3 is 0 Å². The molecular formula is C21H17FN6O3S. The van der Waals surface area contributed by atoms with E-state index in [0.717, 1.165) is 11.8 Å². The normalized spacial score (nSPS) is 10.7. The minimum atomic E-state index is -0.428. The van der Waals surface area contributed by atoms with Crippen LogP contribution in [-0.4, -0.2) is 37.8 Å². The Morgan fingerprint density at radius 1 is 1.03 bits per heavy atom. The molecule has 0 saturated heterocycles. The molecule has 2 aromatic carbocycles. The number of furan rings is 1. The van der Waals surface area contributed by atoms with Gasteiger partial charge in [0, 0.05) is 5.69 Å². The number of amides is 2. The second-order valence-corrected chi connectivity index (χ2v) is 7.48. The predicted molar refractivity (Wildman–Crippen MR) is 116 cm³/mol. The molecule has 162 valence electrons. The first-order valence-corrected chi connectivity index (χ1v) is 10.4. The average Bonchev–Trinajstić information content (AvgIpc) is 3.47. The number of nitrogens with zero attached hydrogens (tertiary/aromatic N) is 4. The Hall–Kier alpha value is -3.99. The van der Waals surface area contributed by atoms with Gasteiger partial charge < -0.3 is 15.1 Å². The highest BCUT2D eigenvalue weighted by Gasteiger charge is 2.15. The summed E-state index contributed by atoms with van der Waals surface area (Å²) >= 11 is 1.16. The molecule has 0 aliphatic heterocycles. The van der Waals surface area contributed by atoms with Crippen molar-refractivity contribution in [2.45, 2.75) is 11.7 Å². The molecule has 11 heteroatoms. The van der Waals surface area contributed by atoms with Gasteiger partial charge in [0.05, 0.1) is 23.3 Å². The number of para-hydroxylation sites is 1. The summed E-state index contributed by atoms with van der Waals surface area (Å²) in [5, 5.41) is 17.3. The Balaban J connectivity index is 1.37. The number of rotatable bonds is 8. The lowest BCUT2D eigenvalue weighted by Gasteiger charge is -2.11. The maximum Gasteiger partial charge on any atom is 0.257 e. The number of nitrogens with one attached hydrogen (secondary N) is 2. The van der Waals surface area contributed by atoms with Crippen molar-refractivity contribution in [1.82, 2.24) is 20.2 Å². The summed E-state index contributed by atoms with van der Waals surface area (Å²) in [6.45, 7) is 0.344. The number of hydrogen-bond acceptors (Lipinski definition) is 7. The number of thioether (sulfide) groups is 1. The zero-order valence-corrected chi connectivity index (χ0v) is 17.4. The Bertz CT molecular complexity index is 1210. The molecule has 0 aliphatic carbocycles. The van der Waals surface area contributed by atoms with E-state index in [1.54, 1.807) is 42.7 Å². The lowest BCUT2D eigenvalue weighted by Crippen LogP contribution is -2.19. The molecule has 4 aromatic rings. The number of halogens is 1. The van der Waals surface area contributed by atoms with Crippen LogP contribution >= 0.6 is 11.8 Å². The van der Waals surface area contributed by atoms with E-state index in [2.05, 4.69) is 26.2 Å². The topological polar surface area (TPSA) is 115 Å². The van der Waals surface area contributed by atoms with Crippen molar-refractivity contribution in [2.75, 3.05) is 16.4 Å². The van der Waals surface area contributed by atoms with Gasteiger partial charge in [-0.25, -0.2) is 9.07 Å². The molecule has 0 radical (unpaired) electrons. The molecule has 0 unspecified atom stereocenters. The van der Waals surface area contributed by atoms with Gasteiger partial charge in [-0.3, -0.25) is 9.59 Å². The molecule has 2 N–H and O–H groups in total. The van der Waals surface area contributed by atoms with Crippen LogP contribution in [0.4, 0.5) is 15.8 Å². The number of anilines is 2. The fourth-order valence-electron chi connectivity index (χ4n) is 2.79. The van der Waals surface area contributed by atoms with E-state index in [0.29, 0.717) is 28.8 Å². The molecule has 0 spiro atoms. The van der Waals surface area contributed by atoms with E-state index in [9.17, 15) is 14.0 Å². The lowest BCUT2D eigenvalue weighted by molar-refractivity contribution is -0.113. The fourth-order valence-corrected chi connectivity index (χ4v) is 3.46. The SMILES string of the molecule is O=C(CSc1nnnn1Cc1ccco1)Nc1ccccc1C(=O)Nc1ccc(F)cc1. The first kappa shape index (κ1) is 21.2. The number of hydrogen-bond donors (Lipinski definition) is 2. The Labute approximate surface area is 186 Å². The largest absolute Gasteiger partial charge is 0.467 e. The van der Waals surface area contributed by atoms with Gasteiger partial charge in [-0.1, -0.05) is 23.9 Å². The summed E-state index contributed by atoms with van der Waals surface area (Å²) in [6.07, 6.45) is 1.56. The summed E-state index contributed by atoms with van der Waals surface area (Å²) in [5.41, 5.74) is 1.07. The Morgan fingerprint density at radius 3 is 2.62 bits per heavy atom. The van der Waals surface area contributed by atoms with Gasteiger partial charge in [0.15, 0.2) is 0 Å². The highest BCUT2D eigenvalue weighted by atomic mass is 32.2. The predicted octanol–water partition coefficient (Wildman–Crippen LogP) is 3.44. The van der Waals surface area contributed by atoms with Crippen molar-refractivity contribution in [3.05, 3.63) is 84.1 Å². The number of tetrazole rings is 1. The molecule has 9 nitrogen and oxygen atoms in total. The maximum absolute atomic E-state index is 13.1. The zero-order chi connectivity index (χ0) is 22.3. The Kier molecular flexibility index (Phi) is 6.56. The van der Waals surface area contributed by atoms with Crippen LogP contribution in [0.25, 0.3) is 0 Å². The summed E-state index contributed by atoms with van der Waals surface area (Å²) in [7, 11) is 0. The molecular weight excluding hydrogens is 435 g/mol. The van der Waals surface area contributed by atoms with Crippen LogP contribution in [0.1, 0.15) is 16.1 Å². The average molecular weight is 452 g/mol. The van der Waals surface area contributed by atoms with E-state index in [-0.39, 0.29) is 17.2 Å². The van der Waals surface area contributed by atoms with Crippen molar-refractivity contribution in [3.8, 4) is 0 Å². The van der Waals surface area contributed by atoms with Gasteiger partial charge in [-0.2, -0.15) is 0 Å². The zero-order valence-electron chi connectivity index (χ0n) is 16.6. The molecule has 0 bridgehead atoms. The number of benzene rings is 2. The van der Waals surface area contributed by atoms with Crippen LogP contribution in [0.5, 0.6) is 0 Å². The van der Waals surface area contributed by atoms with E-state index < -0.39 is 11.7 Å². The van der Waals surface area contributed by atoms with Crippen LogP contribution in [0.15, 0.2) is 76.5 Å². The first-order chi connectivity index (χ1) is 15.6. The van der Waals surface area contributed by atoms with E-state index in [1.165, 1.54) is 28.9 Å². The molecule has 0 fully saturated rings. The van der Waals surface area contributed by atoms with Crippen molar-refractivity contribution in [3.63, 3.8) is 0 Å². The third-order valence-corrected chi connectivity index (χ3v) is 5.22. The van der Waals surface area contributed by atoms with Gasteiger partial charge in [0.25, 0.3) is 5.91 Å². The van der Waals surface area contributed by atoms with Gasteiger partial charge in [-0.15, -0.1) is 5.10 Å². The van der Waals surface area contributed by atoms with E-state index in [4.69, 9.17) is 4.42 Å².